The number of nitrogens with zero attached hydrogens (tertiary/aromatic N) is 1. The number of aromatic nitrogens is 1. The molecular weight excluding hydrogens is 242 g/mol. The predicted octanol–water partition coefficient (Wildman–Crippen LogP) is 3.33. The Balaban J connectivity index is 1.94. The Morgan fingerprint density at radius 1 is 1.28 bits per heavy atom. The van der Waals surface area contributed by atoms with E-state index in [0.717, 1.165) is 24.1 Å². The first-order valence-corrected chi connectivity index (χ1v) is 7.83. The summed E-state index contributed by atoms with van der Waals surface area (Å²) >= 11 is 2.09. The van der Waals surface area contributed by atoms with Crippen molar-refractivity contribution in [3.8, 4) is 0 Å². The average molecular weight is 263 g/mol. The average Bonchev–Trinajstić information content (AvgIpc) is 2.27. The molecule has 0 saturated carbocycles. The van der Waals surface area contributed by atoms with Gasteiger partial charge >= 0.3 is 0 Å². The Kier molecular flexibility index (Phi) is 3.15. The number of aryl methyl sites for hydroxylation is 2. The summed E-state index contributed by atoms with van der Waals surface area (Å²) < 4.78 is 0. The SMILES string of the molecule is Cc1cnc(C2(O)CC3CCCC(C2)S3)c(C)c1. The molecule has 2 atom stereocenters. The van der Waals surface area contributed by atoms with E-state index in [2.05, 4.69) is 36.7 Å². The van der Waals surface area contributed by atoms with Gasteiger partial charge in [-0.1, -0.05) is 12.5 Å². The van der Waals surface area contributed by atoms with Gasteiger partial charge in [0.15, 0.2) is 0 Å². The third kappa shape index (κ3) is 2.19. The summed E-state index contributed by atoms with van der Waals surface area (Å²) in [5.74, 6) is 0. The highest BCUT2D eigenvalue weighted by Gasteiger charge is 2.43. The smallest absolute Gasteiger partial charge is 0.109 e. The van der Waals surface area contributed by atoms with E-state index < -0.39 is 5.60 Å². The number of fused-ring (bicyclic) bond motifs is 2. The van der Waals surface area contributed by atoms with E-state index in [4.69, 9.17) is 0 Å². The summed E-state index contributed by atoms with van der Waals surface area (Å²) in [6.45, 7) is 4.13. The fourth-order valence-corrected chi connectivity index (χ4v) is 5.41. The summed E-state index contributed by atoms with van der Waals surface area (Å²) in [6.07, 6.45) is 7.50. The normalized spacial score (nSPS) is 35.5. The van der Waals surface area contributed by atoms with Crippen molar-refractivity contribution in [2.24, 2.45) is 0 Å². The highest BCUT2D eigenvalue weighted by Crippen LogP contribution is 2.49. The molecule has 0 spiro atoms. The van der Waals surface area contributed by atoms with Gasteiger partial charge in [-0.15, -0.1) is 0 Å². The Hall–Kier alpha value is -0.540. The van der Waals surface area contributed by atoms with Crippen molar-refractivity contribution < 1.29 is 5.11 Å². The number of aliphatic hydroxyl groups is 1. The second kappa shape index (κ2) is 4.53. The van der Waals surface area contributed by atoms with Crippen LogP contribution in [0.2, 0.25) is 0 Å². The molecule has 1 aromatic heterocycles. The number of hydrogen-bond acceptors (Lipinski definition) is 3. The zero-order valence-corrected chi connectivity index (χ0v) is 12.0. The molecule has 2 nitrogen and oxygen atoms in total. The summed E-state index contributed by atoms with van der Waals surface area (Å²) in [6, 6.07) is 2.14. The van der Waals surface area contributed by atoms with Gasteiger partial charge in [-0.05, 0) is 50.7 Å². The molecule has 1 N–H and O–H groups in total. The fraction of sp³-hybridized carbons (Fsp3) is 0.667. The second-order valence-corrected chi connectivity index (χ2v) is 7.53. The topological polar surface area (TPSA) is 33.1 Å². The Labute approximate surface area is 113 Å². The van der Waals surface area contributed by atoms with Gasteiger partial charge in [-0.3, -0.25) is 4.98 Å². The molecule has 2 unspecified atom stereocenters. The molecule has 98 valence electrons. The van der Waals surface area contributed by atoms with Crippen molar-refractivity contribution in [3.05, 3.63) is 29.1 Å². The largest absolute Gasteiger partial charge is 0.383 e. The van der Waals surface area contributed by atoms with Crippen LogP contribution in [-0.4, -0.2) is 20.6 Å². The Bertz CT molecular complexity index is 448. The lowest BCUT2D eigenvalue weighted by molar-refractivity contribution is 0.00343. The molecule has 2 aliphatic heterocycles. The second-order valence-electron chi connectivity index (χ2n) is 5.93. The van der Waals surface area contributed by atoms with Crippen LogP contribution < -0.4 is 0 Å². The zero-order chi connectivity index (χ0) is 12.8. The monoisotopic (exact) mass is 263 g/mol. The Morgan fingerprint density at radius 3 is 2.56 bits per heavy atom. The molecule has 2 fully saturated rings. The molecule has 2 bridgehead atoms. The molecule has 2 aliphatic rings. The third-order valence-electron chi connectivity index (χ3n) is 4.22. The van der Waals surface area contributed by atoms with Crippen LogP contribution in [0.4, 0.5) is 0 Å². The lowest BCUT2D eigenvalue weighted by Crippen LogP contribution is -2.41. The maximum absolute atomic E-state index is 11.0. The highest BCUT2D eigenvalue weighted by atomic mass is 32.2. The van der Waals surface area contributed by atoms with Crippen LogP contribution in [0, 0.1) is 13.8 Å². The van der Waals surface area contributed by atoms with E-state index in [1.165, 1.54) is 24.8 Å². The van der Waals surface area contributed by atoms with Gasteiger partial charge in [0.05, 0.1) is 5.69 Å². The first-order chi connectivity index (χ1) is 8.57. The van der Waals surface area contributed by atoms with E-state index in [1.54, 1.807) is 0 Å². The van der Waals surface area contributed by atoms with Crippen molar-refractivity contribution in [1.29, 1.82) is 0 Å². The summed E-state index contributed by atoms with van der Waals surface area (Å²) in [7, 11) is 0. The molecule has 1 aromatic rings. The van der Waals surface area contributed by atoms with Crippen LogP contribution in [0.1, 0.15) is 48.9 Å². The number of rotatable bonds is 1. The molecule has 0 aromatic carbocycles. The van der Waals surface area contributed by atoms with Gasteiger partial charge in [0.2, 0.25) is 0 Å². The van der Waals surface area contributed by atoms with Crippen molar-refractivity contribution >= 4 is 11.8 Å². The van der Waals surface area contributed by atoms with Crippen LogP contribution >= 0.6 is 11.8 Å². The number of hydrogen-bond donors (Lipinski definition) is 1. The van der Waals surface area contributed by atoms with E-state index in [9.17, 15) is 5.11 Å². The lowest BCUT2D eigenvalue weighted by Gasteiger charge is -2.44. The molecule has 3 rings (SSSR count). The Morgan fingerprint density at radius 2 is 1.94 bits per heavy atom. The molecule has 0 radical (unpaired) electrons. The minimum atomic E-state index is -0.682. The van der Waals surface area contributed by atoms with Gasteiger partial charge in [-0.25, -0.2) is 0 Å². The lowest BCUT2D eigenvalue weighted by atomic mass is 9.81. The highest BCUT2D eigenvalue weighted by molar-refractivity contribution is 8.00. The van der Waals surface area contributed by atoms with Crippen LogP contribution in [0.3, 0.4) is 0 Å². The number of pyridine rings is 1. The molecule has 18 heavy (non-hydrogen) atoms. The maximum Gasteiger partial charge on any atom is 0.109 e. The predicted molar refractivity (Wildman–Crippen MR) is 75.9 cm³/mol. The van der Waals surface area contributed by atoms with Gasteiger partial charge < -0.3 is 5.11 Å². The molecule has 2 saturated heterocycles. The third-order valence-corrected chi connectivity index (χ3v) is 5.80. The molecular formula is C15H21NOS. The zero-order valence-electron chi connectivity index (χ0n) is 11.1. The van der Waals surface area contributed by atoms with E-state index in [1.807, 2.05) is 6.20 Å². The standard InChI is InChI=1S/C15H21NOS/c1-10-6-11(2)14(16-9-10)15(17)7-12-4-3-5-13(8-15)18-12/h6,9,12-13,17H,3-5,7-8H2,1-2H3. The van der Waals surface area contributed by atoms with Gasteiger partial charge in [0.1, 0.15) is 5.60 Å². The van der Waals surface area contributed by atoms with Crippen molar-refractivity contribution in [2.75, 3.05) is 0 Å². The molecule has 0 amide bonds. The van der Waals surface area contributed by atoms with E-state index >= 15 is 0 Å². The van der Waals surface area contributed by atoms with Gasteiger partial charge in [0.25, 0.3) is 0 Å². The van der Waals surface area contributed by atoms with Crippen molar-refractivity contribution in [2.45, 2.75) is 62.1 Å². The van der Waals surface area contributed by atoms with Crippen LogP contribution in [0.5, 0.6) is 0 Å². The maximum atomic E-state index is 11.0. The first kappa shape index (κ1) is 12.5. The van der Waals surface area contributed by atoms with Gasteiger partial charge in [-0.2, -0.15) is 11.8 Å². The van der Waals surface area contributed by atoms with Crippen molar-refractivity contribution in [3.63, 3.8) is 0 Å². The molecule has 3 heterocycles. The van der Waals surface area contributed by atoms with Crippen LogP contribution in [-0.2, 0) is 5.60 Å². The molecule has 0 aliphatic carbocycles. The van der Waals surface area contributed by atoms with E-state index in [-0.39, 0.29) is 0 Å². The number of thioether (sulfide) groups is 1. The summed E-state index contributed by atoms with van der Waals surface area (Å²) in [5, 5.41) is 12.3. The van der Waals surface area contributed by atoms with Gasteiger partial charge in [0, 0.05) is 16.7 Å². The van der Waals surface area contributed by atoms with Crippen molar-refractivity contribution in [1.82, 2.24) is 4.98 Å². The molecule has 3 heteroatoms. The van der Waals surface area contributed by atoms with Crippen LogP contribution in [0.15, 0.2) is 12.3 Å². The minimum Gasteiger partial charge on any atom is -0.383 e. The summed E-state index contributed by atoms with van der Waals surface area (Å²) in [4.78, 5) is 4.54. The quantitative estimate of drug-likeness (QED) is 0.843. The fourth-order valence-electron chi connectivity index (χ4n) is 3.51. The van der Waals surface area contributed by atoms with Crippen LogP contribution in [0.25, 0.3) is 0 Å². The first-order valence-electron chi connectivity index (χ1n) is 6.88. The minimum absolute atomic E-state index is 0.630. The summed E-state index contributed by atoms with van der Waals surface area (Å²) in [5.41, 5.74) is 2.55. The van der Waals surface area contributed by atoms with E-state index in [0.29, 0.717) is 10.5 Å².